The van der Waals surface area contributed by atoms with Crippen LogP contribution in [0.1, 0.15) is 0 Å². The highest BCUT2D eigenvalue weighted by molar-refractivity contribution is 8.13. The Morgan fingerprint density at radius 3 is 1.95 bits per heavy atom. The van der Waals surface area contributed by atoms with Gasteiger partial charge in [0.25, 0.3) is 9.05 Å². The molecule has 0 saturated carbocycles. The Labute approximate surface area is 112 Å². The summed E-state index contributed by atoms with van der Waals surface area (Å²) in [6.45, 7) is 0. The van der Waals surface area contributed by atoms with Crippen LogP contribution in [0, 0.1) is 11.6 Å². The molecule has 2 aromatic carbocycles. The zero-order valence-corrected chi connectivity index (χ0v) is 10.9. The average molecular weight is 305 g/mol. The van der Waals surface area contributed by atoms with Crippen molar-refractivity contribution in [1.82, 2.24) is 0 Å². The second-order valence-electron chi connectivity index (χ2n) is 3.56. The first-order valence-electron chi connectivity index (χ1n) is 5.04. The van der Waals surface area contributed by atoms with E-state index in [4.69, 9.17) is 15.4 Å². The third-order valence-corrected chi connectivity index (χ3v) is 3.61. The number of halogens is 3. The Bertz CT molecular complexity index is 679. The minimum atomic E-state index is -3.84. The van der Waals surface area contributed by atoms with Gasteiger partial charge in [-0.05, 0) is 36.4 Å². The zero-order valence-electron chi connectivity index (χ0n) is 9.31. The monoisotopic (exact) mass is 304 g/mol. The first kappa shape index (κ1) is 13.8. The van der Waals surface area contributed by atoms with E-state index in [0.717, 1.165) is 12.1 Å². The fourth-order valence-corrected chi connectivity index (χ4v) is 2.14. The van der Waals surface area contributed by atoms with Gasteiger partial charge in [0.1, 0.15) is 5.75 Å². The lowest BCUT2D eigenvalue weighted by atomic mass is 10.3. The van der Waals surface area contributed by atoms with E-state index in [1.165, 1.54) is 30.3 Å². The predicted molar refractivity (Wildman–Crippen MR) is 65.9 cm³/mol. The predicted octanol–water partition coefficient (Wildman–Crippen LogP) is 3.68. The van der Waals surface area contributed by atoms with Crippen LogP contribution in [0.25, 0.3) is 0 Å². The molecule has 2 rings (SSSR count). The number of para-hydroxylation sites is 1. The van der Waals surface area contributed by atoms with E-state index in [9.17, 15) is 17.2 Å². The molecule has 0 aliphatic heterocycles. The summed E-state index contributed by atoms with van der Waals surface area (Å²) in [7, 11) is 1.29. The van der Waals surface area contributed by atoms with Gasteiger partial charge in [0.2, 0.25) is 0 Å². The molecule has 7 heteroatoms. The van der Waals surface area contributed by atoms with E-state index in [1.54, 1.807) is 0 Å². The van der Waals surface area contributed by atoms with Crippen LogP contribution in [0.15, 0.2) is 47.4 Å². The highest BCUT2D eigenvalue weighted by Crippen LogP contribution is 2.28. The van der Waals surface area contributed by atoms with Crippen molar-refractivity contribution in [1.29, 1.82) is 0 Å². The minimum Gasteiger partial charge on any atom is -0.451 e. The topological polar surface area (TPSA) is 43.4 Å². The molecule has 19 heavy (non-hydrogen) atoms. The first-order valence-corrected chi connectivity index (χ1v) is 7.35. The largest absolute Gasteiger partial charge is 0.451 e. The van der Waals surface area contributed by atoms with Crippen LogP contribution < -0.4 is 4.74 Å². The third kappa shape index (κ3) is 3.21. The molecule has 100 valence electrons. The van der Waals surface area contributed by atoms with Crippen molar-refractivity contribution in [2.75, 3.05) is 0 Å². The number of ether oxygens (including phenoxy) is 1. The van der Waals surface area contributed by atoms with Gasteiger partial charge in [-0.2, -0.15) is 0 Å². The van der Waals surface area contributed by atoms with E-state index >= 15 is 0 Å². The highest BCUT2D eigenvalue weighted by Gasteiger charge is 2.13. The molecule has 3 nitrogen and oxygen atoms in total. The molecule has 0 unspecified atom stereocenters. The summed E-state index contributed by atoms with van der Waals surface area (Å²) in [4.78, 5) is -0.129. The molecule has 0 N–H and O–H groups in total. The summed E-state index contributed by atoms with van der Waals surface area (Å²) in [5, 5.41) is 0. The van der Waals surface area contributed by atoms with Crippen molar-refractivity contribution in [2.24, 2.45) is 0 Å². The van der Waals surface area contributed by atoms with Gasteiger partial charge in [-0.15, -0.1) is 0 Å². The first-order chi connectivity index (χ1) is 8.88. The van der Waals surface area contributed by atoms with E-state index in [1.807, 2.05) is 0 Å². The SMILES string of the molecule is O=S(=O)(Cl)c1ccc(Oc2c(F)cccc2F)cc1. The second-order valence-corrected chi connectivity index (χ2v) is 6.13. The summed E-state index contributed by atoms with van der Waals surface area (Å²) in [5.74, 6) is -2.17. The van der Waals surface area contributed by atoms with Crippen LogP contribution in [0.5, 0.6) is 11.5 Å². The molecular formula is C12H7ClF2O3S. The number of hydrogen-bond acceptors (Lipinski definition) is 3. The lowest BCUT2D eigenvalue weighted by Crippen LogP contribution is -1.93. The van der Waals surface area contributed by atoms with Gasteiger partial charge < -0.3 is 4.74 Å². The van der Waals surface area contributed by atoms with Gasteiger partial charge in [-0.3, -0.25) is 0 Å². The summed E-state index contributed by atoms with van der Waals surface area (Å²) >= 11 is 0. The maximum atomic E-state index is 13.3. The molecule has 0 bridgehead atoms. The number of hydrogen-bond donors (Lipinski definition) is 0. The normalized spacial score (nSPS) is 11.3. The van der Waals surface area contributed by atoms with E-state index < -0.39 is 26.4 Å². The number of rotatable bonds is 3. The molecular weight excluding hydrogens is 298 g/mol. The van der Waals surface area contributed by atoms with Crippen LogP contribution in [-0.4, -0.2) is 8.42 Å². The molecule has 2 aromatic rings. The quantitative estimate of drug-likeness (QED) is 0.812. The van der Waals surface area contributed by atoms with Crippen LogP contribution >= 0.6 is 10.7 Å². The Balaban J connectivity index is 2.30. The van der Waals surface area contributed by atoms with E-state index in [-0.39, 0.29) is 10.6 Å². The van der Waals surface area contributed by atoms with Gasteiger partial charge in [0.05, 0.1) is 4.90 Å². The lowest BCUT2D eigenvalue weighted by molar-refractivity contribution is 0.407. The molecule has 0 amide bonds. The molecule has 0 spiro atoms. The van der Waals surface area contributed by atoms with Crippen molar-refractivity contribution in [2.45, 2.75) is 4.90 Å². The molecule has 0 aromatic heterocycles. The van der Waals surface area contributed by atoms with Crippen LogP contribution in [0.2, 0.25) is 0 Å². The van der Waals surface area contributed by atoms with E-state index in [2.05, 4.69) is 0 Å². The summed E-state index contributed by atoms with van der Waals surface area (Å²) in [5.41, 5.74) is 0. The molecule has 0 aliphatic carbocycles. The Morgan fingerprint density at radius 2 is 1.47 bits per heavy atom. The average Bonchev–Trinajstić information content (AvgIpc) is 2.33. The van der Waals surface area contributed by atoms with Gasteiger partial charge in [-0.25, -0.2) is 17.2 Å². The highest BCUT2D eigenvalue weighted by atomic mass is 35.7. The van der Waals surface area contributed by atoms with Gasteiger partial charge >= 0.3 is 0 Å². The molecule has 0 saturated heterocycles. The maximum absolute atomic E-state index is 13.3. The Morgan fingerprint density at radius 1 is 0.947 bits per heavy atom. The van der Waals surface area contributed by atoms with Crippen molar-refractivity contribution in [3.05, 3.63) is 54.1 Å². The minimum absolute atomic E-state index is 0.0908. The Hall–Kier alpha value is -1.66. The molecule has 0 radical (unpaired) electrons. The van der Waals surface area contributed by atoms with Gasteiger partial charge in [0, 0.05) is 10.7 Å². The Kier molecular flexibility index (Phi) is 3.73. The van der Waals surface area contributed by atoms with Crippen LogP contribution in [0.3, 0.4) is 0 Å². The second kappa shape index (κ2) is 5.14. The van der Waals surface area contributed by atoms with Gasteiger partial charge in [0.15, 0.2) is 17.4 Å². The summed E-state index contributed by atoms with van der Waals surface area (Å²) < 4.78 is 53.7. The van der Waals surface area contributed by atoms with Crippen LogP contribution in [0.4, 0.5) is 8.78 Å². The fourth-order valence-electron chi connectivity index (χ4n) is 1.37. The molecule has 0 fully saturated rings. The van der Waals surface area contributed by atoms with Crippen molar-refractivity contribution in [3.63, 3.8) is 0 Å². The molecule has 0 heterocycles. The molecule has 0 atom stereocenters. The smallest absolute Gasteiger partial charge is 0.261 e. The molecule has 0 aliphatic rings. The summed E-state index contributed by atoms with van der Waals surface area (Å²) in [6, 6.07) is 8.17. The van der Waals surface area contributed by atoms with Crippen molar-refractivity contribution < 1.29 is 21.9 Å². The number of benzene rings is 2. The summed E-state index contributed by atoms with van der Waals surface area (Å²) in [6.07, 6.45) is 0. The maximum Gasteiger partial charge on any atom is 0.261 e. The van der Waals surface area contributed by atoms with Crippen LogP contribution in [-0.2, 0) is 9.05 Å². The fraction of sp³-hybridized carbons (Fsp3) is 0. The zero-order chi connectivity index (χ0) is 14.0. The lowest BCUT2D eigenvalue weighted by Gasteiger charge is -2.07. The van der Waals surface area contributed by atoms with E-state index in [0.29, 0.717) is 0 Å². The van der Waals surface area contributed by atoms with Crippen molar-refractivity contribution in [3.8, 4) is 11.5 Å². The van der Waals surface area contributed by atoms with Crippen molar-refractivity contribution >= 4 is 19.7 Å². The third-order valence-electron chi connectivity index (χ3n) is 2.24. The standard InChI is InChI=1S/C12H7ClF2O3S/c13-19(16,17)9-6-4-8(5-7-9)18-12-10(14)2-1-3-11(12)15/h1-7H. The van der Waals surface area contributed by atoms with Gasteiger partial charge in [-0.1, -0.05) is 6.07 Å².